The van der Waals surface area contributed by atoms with Crippen LogP contribution in [-0.2, 0) is 9.53 Å². The van der Waals surface area contributed by atoms with E-state index >= 15 is 0 Å². The molecule has 0 aliphatic heterocycles. The maximum Gasteiger partial charge on any atom is 0.337 e. The van der Waals surface area contributed by atoms with Gasteiger partial charge in [-0.15, -0.1) is 0 Å². The Morgan fingerprint density at radius 2 is 1.67 bits per heavy atom. The van der Waals surface area contributed by atoms with Gasteiger partial charge in [0.05, 0.1) is 18.7 Å². The summed E-state index contributed by atoms with van der Waals surface area (Å²) in [7, 11) is 1.33. The Hall–Kier alpha value is -3.34. The fourth-order valence-electron chi connectivity index (χ4n) is 2.80. The second-order valence-corrected chi connectivity index (χ2v) is 6.20. The van der Waals surface area contributed by atoms with Gasteiger partial charge >= 0.3 is 5.97 Å². The zero-order valence-corrected chi connectivity index (χ0v) is 15.3. The highest BCUT2D eigenvalue weighted by Crippen LogP contribution is 2.20. The predicted octanol–water partition coefficient (Wildman–Crippen LogP) is 3.88. The van der Waals surface area contributed by atoms with Crippen molar-refractivity contribution >= 4 is 22.6 Å². The number of rotatable bonds is 6. The van der Waals surface area contributed by atoms with Crippen molar-refractivity contribution in [3.8, 4) is 5.75 Å². The van der Waals surface area contributed by atoms with Gasteiger partial charge in [-0.1, -0.05) is 36.4 Å². The number of amides is 1. The van der Waals surface area contributed by atoms with Gasteiger partial charge in [0.1, 0.15) is 5.75 Å². The first-order valence-corrected chi connectivity index (χ1v) is 8.66. The van der Waals surface area contributed by atoms with Crippen molar-refractivity contribution < 1.29 is 19.1 Å². The van der Waals surface area contributed by atoms with E-state index in [2.05, 4.69) is 28.3 Å². The molecule has 1 N–H and O–H groups in total. The Bertz CT molecular complexity index is 950. The summed E-state index contributed by atoms with van der Waals surface area (Å²) in [6.07, 6.45) is 0. The molecule has 0 aliphatic rings. The first kappa shape index (κ1) is 18.5. The topological polar surface area (TPSA) is 64.6 Å². The van der Waals surface area contributed by atoms with Crippen molar-refractivity contribution in [3.05, 3.63) is 77.9 Å². The summed E-state index contributed by atoms with van der Waals surface area (Å²) < 4.78 is 10.1. The highest BCUT2D eigenvalue weighted by molar-refractivity contribution is 5.89. The van der Waals surface area contributed by atoms with Crippen molar-refractivity contribution in [1.29, 1.82) is 0 Å². The van der Waals surface area contributed by atoms with Crippen LogP contribution in [0, 0.1) is 0 Å². The van der Waals surface area contributed by atoms with Gasteiger partial charge in [-0.25, -0.2) is 4.79 Å². The molecule has 0 aliphatic carbocycles. The summed E-state index contributed by atoms with van der Waals surface area (Å²) in [6.45, 7) is 1.84. The van der Waals surface area contributed by atoms with Crippen LogP contribution in [0.1, 0.15) is 28.9 Å². The second kappa shape index (κ2) is 8.36. The number of fused-ring (bicyclic) bond motifs is 1. The maximum atomic E-state index is 12.2. The van der Waals surface area contributed by atoms with Crippen LogP contribution in [0.2, 0.25) is 0 Å². The summed E-state index contributed by atoms with van der Waals surface area (Å²) in [5.41, 5.74) is 1.46. The number of carbonyl (C=O) groups excluding carboxylic acids is 2. The molecule has 0 aromatic heterocycles. The molecule has 138 valence electrons. The summed E-state index contributed by atoms with van der Waals surface area (Å²) >= 11 is 0. The summed E-state index contributed by atoms with van der Waals surface area (Å²) in [5, 5.41) is 5.23. The summed E-state index contributed by atoms with van der Waals surface area (Å²) in [5.74, 6) is -0.118. The molecule has 3 aromatic rings. The smallest absolute Gasteiger partial charge is 0.337 e. The first-order chi connectivity index (χ1) is 13.1. The number of carbonyl (C=O) groups is 2. The Labute approximate surface area is 157 Å². The molecule has 5 nitrogen and oxygen atoms in total. The van der Waals surface area contributed by atoms with Crippen LogP contribution in [0.3, 0.4) is 0 Å². The molecule has 0 fully saturated rings. The van der Waals surface area contributed by atoms with Gasteiger partial charge < -0.3 is 14.8 Å². The predicted molar refractivity (Wildman–Crippen MR) is 104 cm³/mol. The lowest BCUT2D eigenvalue weighted by Gasteiger charge is -2.15. The molecule has 1 amide bonds. The number of hydrogen-bond acceptors (Lipinski definition) is 4. The lowest BCUT2D eigenvalue weighted by Crippen LogP contribution is -2.31. The number of benzene rings is 3. The molecule has 0 heterocycles. The van der Waals surface area contributed by atoms with E-state index in [9.17, 15) is 9.59 Å². The van der Waals surface area contributed by atoms with E-state index in [-0.39, 0.29) is 18.6 Å². The van der Waals surface area contributed by atoms with Gasteiger partial charge in [0.2, 0.25) is 0 Å². The quantitative estimate of drug-likeness (QED) is 0.675. The Kier molecular flexibility index (Phi) is 5.71. The molecule has 5 heteroatoms. The molecular formula is C22H21NO4. The van der Waals surface area contributed by atoms with Crippen LogP contribution < -0.4 is 10.1 Å². The van der Waals surface area contributed by atoms with Gasteiger partial charge in [-0.05, 0) is 53.6 Å². The fraction of sp³-hybridized carbons (Fsp3) is 0.182. The molecule has 3 aromatic carbocycles. The van der Waals surface area contributed by atoms with Crippen molar-refractivity contribution in [2.24, 2.45) is 0 Å². The Morgan fingerprint density at radius 1 is 0.963 bits per heavy atom. The summed E-state index contributed by atoms with van der Waals surface area (Å²) in [6, 6.07) is 20.6. The van der Waals surface area contributed by atoms with E-state index < -0.39 is 5.97 Å². The minimum Gasteiger partial charge on any atom is -0.484 e. The highest BCUT2D eigenvalue weighted by Gasteiger charge is 2.11. The molecule has 0 spiro atoms. The van der Waals surface area contributed by atoms with Crippen LogP contribution in [0.15, 0.2) is 66.7 Å². The van der Waals surface area contributed by atoms with Gasteiger partial charge in [0.15, 0.2) is 6.61 Å². The van der Waals surface area contributed by atoms with Crippen LogP contribution >= 0.6 is 0 Å². The molecule has 0 saturated carbocycles. The van der Waals surface area contributed by atoms with Crippen LogP contribution in [0.4, 0.5) is 0 Å². The second-order valence-electron chi connectivity index (χ2n) is 6.20. The molecule has 0 radical (unpaired) electrons. The molecule has 1 unspecified atom stereocenters. The Balaban J connectivity index is 1.55. The van der Waals surface area contributed by atoms with Gasteiger partial charge in [0.25, 0.3) is 5.91 Å². The zero-order valence-electron chi connectivity index (χ0n) is 15.3. The average molecular weight is 363 g/mol. The van der Waals surface area contributed by atoms with Gasteiger partial charge in [-0.3, -0.25) is 4.79 Å². The highest BCUT2D eigenvalue weighted by atomic mass is 16.5. The van der Waals surface area contributed by atoms with Crippen molar-refractivity contribution in [3.63, 3.8) is 0 Å². The number of methoxy groups -OCH3 is 1. The molecule has 1 atom stereocenters. The molecule has 27 heavy (non-hydrogen) atoms. The SMILES string of the molecule is COC(=O)c1ccc(OCC(=O)NC(C)c2ccc3ccccc3c2)cc1. The summed E-state index contributed by atoms with van der Waals surface area (Å²) in [4.78, 5) is 23.6. The third-order valence-corrected chi connectivity index (χ3v) is 4.30. The van der Waals surface area contributed by atoms with E-state index in [4.69, 9.17) is 4.74 Å². The monoisotopic (exact) mass is 363 g/mol. The average Bonchev–Trinajstić information content (AvgIpc) is 2.71. The third kappa shape index (κ3) is 4.64. The first-order valence-electron chi connectivity index (χ1n) is 8.66. The molecular weight excluding hydrogens is 342 g/mol. The molecule has 0 saturated heterocycles. The number of nitrogens with one attached hydrogen (secondary N) is 1. The minimum atomic E-state index is -0.413. The normalized spacial score (nSPS) is 11.6. The van der Waals surface area contributed by atoms with Crippen molar-refractivity contribution in [1.82, 2.24) is 5.32 Å². The van der Waals surface area contributed by atoms with Crippen molar-refractivity contribution in [2.45, 2.75) is 13.0 Å². The van der Waals surface area contributed by atoms with E-state index in [1.165, 1.54) is 12.5 Å². The van der Waals surface area contributed by atoms with Crippen molar-refractivity contribution in [2.75, 3.05) is 13.7 Å². The molecule has 0 bridgehead atoms. The van der Waals surface area contributed by atoms with Gasteiger partial charge in [0, 0.05) is 0 Å². The lowest BCUT2D eigenvalue weighted by atomic mass is 10.0. The number of ether oxygens (including phenoxy) is 2. The van der Waals surface area contributed by atoms with Gasteiger partial charge in [-0.2, -0.15) is 0 Å². The zero-order chi connectivity index (χ0) is 19.2. The number of hydrogen-bond donors (Lipinski definition) is 1. The largest absolute Gasteiger partial charge is 0.484 e. The van der Waals surface area contributed by atoms with Crippen LogP contribution in [0.25, 0.3) is 10.8 Å². The van der Waals surface area contributed by atoms with E-state index in [1.54, 1.807) is 24.3 Å². The number of esters is 1. The lowest BCUT2D eigenvalue weighted by molar-refractivity contribution is -0.123. The van der Waals surface area contributed by atoms with E-state index in [0.717, 1.165) is 10.9 Å². The van der Waals surface area contributed by atoms with Crippen LogP contribution in [-0.4, -0.2) is 25.6 Å². The fourth-order valence-corrected chi connectivity index (χ4v) is 2.80. The molecule has 3 rings (SSSR count). The maximum absolute atomic E-state index is 12.2. The Morgan fingerprint density at radius 3 is 2.37 bits per heavy atom. The standard InChI is InChI=1S/C22H21NO4/c1-15(18-8-7-16-5-3-4-6-19(16)13-18)23-21(24)14-27-20-11-9-17(10-12-20)22(25)26-2/h3-13,15H,14H2,1-2H3,(H,23,24). The van der Waals surface area contributed by atoms with E-state index in [1.807, 2.05) is 31.2 Å². The van der Waals surface area contributed by atoms with E-state index in [0.29, 0.717) is 11.3 Å². The van der Waals surface area contributed by atoms with Crippen LogP contribution in [0.5, 0.6) is 5.75 Å². The minimum absolute atomic E-state index is 0.102. The third-order valence-electron chi connectivity index (χ3n) is 4.30.